The van der Waals surface area contributed by atoms with Crippen LogP contribution < -0.4 is 14.2 Å². The Morgan fingerprint density at radius 1 is 0.962 bits per heavy atom. The summed E-state index contributed by atoms with van der Waals surface area (Å²) in [4.78, 5) is 12.7. The van der Waals surface area contributed by atoms with E-state index in [1.54, 1.807) is 45.4 Å². The van der Waals surface area contributed by atoms with E-state index in [0.29, 0.717) is 39.5 Å². The van der Waals surface area contributed by atoms with Crippen LogP contribution in [0.15, 0.2) is 40.8 Å². The van der Waals surface area contributed by atoms with Crippen LogP contribution in [0.25, 0.3) is 22.3 Å². The molecule has 3 rings (SSSR count). The van der Waals surface area contributed by atoms with Crippen molar-refractivity contribution in [3.05, 3.63) is 42.0 Å². The van der Waals surface area contributed by atoms with E-state index in [-0.39, 0.29) is 6.61 Å². The number of hydrogen-bond acceptors (Lipinski definition) is 6. The number of furan rings is 1. The SMILES string of the molecule is CCOC(=O)c1c(-c2ccc(OC)cc2)oc2cc(OC)cc(OC)c12. The predicted molar refractivity (Wildman–Crippen MR) is 97.3 cm³/mol. The zero-order valence-electron chi connectivity index (χ0n) is 15.1. The monoisotopic (exact) mass is 356 g/mol. The first-order chi connectivity index (χ1) is 12.6. The topological polar surface area (TPSA) is 67.1 Å². The molecule has 3 aromatic rings. The van der Waals surface area contributed by atoms with Crippen LogP contribution in [0, 0.1) is 0 Å². The fourth-order valence-electron chi connectivity index (χ4n) is 2.79. The molecule has 0 aliphatic rings. The lowest BCUT2D eigenvalue weighted by Crippen LogP contribution is -2.06. The van der Waals surface area contributed by atoms with E-state index in [9.17, 15) is 4.79 Å². The molecule has 0 bridgehead atoms. The maximum Gasteiger partial charge on any atom is 0.342 e. The first kappa shape index (κ1) is 17.7. The van der Waals surface area contributed by atoms with Crippen molar-refractivity contribution in [1.29, 1.82) is 0 Å². The molecule has 0 saturated carbocycles. The molecular formula is C20H20O6. The molecule has 0 amide bonds. The molecule has 1 heterocycles. The number of hydrogen-bond donors (Lipinski definition) is 0. The Bertz CT molecular complexity index is 924. The van der Waals surface area contributed by atoms with Crippen LogP contribution in [0.4, 0.5) is 0 Å². The summed E-state index contributed by atoms with van der Waals surface area (Å²) >= 11 is 0. The van der Waals surface area contributed by atoms with Gasteiger partial charge in [0.25, 0.3) is 0 Å². The molecular weight excluding hydrogens is 336 g/mol. The van der Waals surface area contributed by atoms with Crippen LogP contribution in [0.1, 0.15) is 17.3 Å². The van der Waals surface area contributed by atoms with E-state index in [2.05, 4.69) is 0 Å². The van der Waals surface area contributed by atoms with Gasteiger partial charge in [0.15, 0.2) is 0 Å². The van der Waals surface area contributed by atoms with Gasteiger partial charge in [-0.05, 0) is 31.2 Å². The van der Waals surface area contributed by atoms with Crippen LogP contribution in [-0.2, 0) is 4.74 Å². The minimum atomic E-state index is -0.472. The quantitative estimate of drug-likeness (QED) is 0.614. The molecule has 26 heavy (non-hydrogen) atoms. The van der Waals surface area contributed by atoms with Gasteiger partial charge in [-0.1, -0.05) is 0 Å². The summed E-state index contributed by atoms with van der Waals surface area (Å²) in [5.41, 5.74) is 1.53. The lowest BCUT2D eigenvalue weighted by molar-refractivity contribution is 0.0528. The van der Waals surface area contributed by atoms with Gasteiger partial charge in [0.1, 0.15) is 34.2 Å². The van der Waals surface area contributed by atoms with E-state index in [1.807, 2.05) is 12.1 Å². The minimum Gasteiger partial charge on any atom is -0.497 e. The molecule has 1 aromatic heterocycles. The first-order valence-corrected chi connectivity index (χ1v) is 8.13. The van der Waals surface area contributed by atoms with Gasteiger partial charge in [-0.3, -0.25) is 0 Å². The molecule has 6 heteroatoms. The third-order valence-electron chi connectivity index (χ3n) is 4.02. The largest absolute Gasteiger partial charge is 0.497 e. The zero-order chi connectivity index (χ0) is 18.7. The van der Waals surface area contributed by atoms with E-state index < -0.39 is 5.97 Å². The summed E-state index contributed by atoms with van der Waals surface area (Å²) in [5, 5.41) is 0.553. The number of benzene rings is 2. The van der Waals surface area contributed by atoms with Crippen molar-refractivity contribution in [1.82, 2.24) is 0 Å². The second-order valence-corrected chi connectivity index (χ2v) is 5.46. The number of ether oxygens (including phenoxy) is 4. The third kappa shape index (κ3) is 3.06. The molecule has 0 fully saturated rings. The lowest BCUT2D eigenvalue weighted by Gasteiger charge is -2.07. The number of esters is 1. The van der Waals surface area contributed by atoms with E-state index >= 15 is 0 Å². The number of carbonyl (C=O) groups excluding carboxylic acids is 1. The summed E-state index contributed by atoms with van der Waals surface area (Å²) in [6.45, 7) is 2.01. The maximum atomic E-state index is 12.7. The third-order valence-corrected chi connectivity index (χ3v) is 4.02. The van der Waals surface area contributed by atoms with Crippen LogP contribution >= 0.6 is 0 Å². The van der Waals surface area contributed by atoms with Gasteiger partial charge in [-0.2, -0.15) is 0 Å². The Kier molecular flexibility index (Phi) is 5.02. The Morgan fingerprint density at radius 3 is 2.23 bits per heavy atom. The number of carbonyl (C=O) groups is 1. The van der Waals surface area contributed by atoms with Crippen LogP contribution in [-0.4, -0.2) is 33.9 Å². The van der Waals surface area contributed by atoms with Crippen molar-refractivity contribution < 1.29 is 28.2 Å². The van der Waals surface area contributed by atoms with Gasteiger partial charge in [0, 0.05) is 17.7 Å². The lowest BCUT2D eigenvalue weighted by atomic mass is 10.0. The van der Waals surface area contributed by atoms with Gasteiger partial charge in [0.2, 0.25) is 0 Å². The fourth-order valence-corrected chi connectivity index (χ4v) is 2.79. The second kappa shape index (κ2) is 7.39. The van der Waals surface area contributed by atoms with Crippen molar-refractivity contribution in [2.45, 2.75) is 6.92 Å². The highest BCUT2D eigenvalue weighted by Crippen LogP contribution is 2.41. The normalized spacial score (nSPS) is 10.6. The Balaban J connectivity index is 2.29. The fraction of sp³-hybridized carbons (Fsp3) is 0.250. The van der Waals surface area contributed by atoms with Crippen LogP contribution in [0.5, 0.6) is 17.2 Å². The van der Waals surface area contributed by atoms with E-state index in [0.717, 1.165) is 5.56 Å². The predicted octanol–water partition coefficient (Wildman–Crippen LogP) is 4.30. The summed E-state index contributed by atoms with van der Waals surface area (Å²) in [7, 11) is 4.68. The molecule has 0 aliphatic heterocycles. The molecule has 2 aromatic carbocycles. The average Bonchev–Trinajstić information content (AvgIpc) is 3.07. The number of rotatable bonds is 6. The molecule has 0 unspecified atom stereocenters. The molecule has 0 aliphatic carbocycles. The summed E-state index contributed by atoms with van der Waals surface area (Å²) in [5.74, 6) is 1.70. The highest BCUT2D eigenvalue weighted by molar-refractivity contribution is 6.11. The summed E-state index contributed by atoms with van der Waals surface area (Å²) in [6, 6.07) is 10.7. The summed E-state index contributed by atoms with van der Waals surface area (Å²) in [6.07, 6.45) is 0. The number of methoxy groups -OCH3 is 3. The van der Waals surface area contributed by atoms with Gasteiger partial charge in [-0.25, -0.2) is 4.79 Å². The first-order valence-electron chi connectivity index (χ1n) is 8.13. The van der Waals surface area contributed by atoms with Crippen molar-refractivity contribution >= 4 is 16.9 Å². The van der Waals surface area contributed by atoms with Gasteiger partial charge < -0.3 is 23.4 Å². The van der Waals surface area contributed by atoms with Gasteiger partial charge in [0.05, 0.1) is 33.3 Å². The second-order valence-electron chi connectivity index (χ2n) is 5.46. The van der Waals surface area contributed by atoms with E-state index in [1.165, 1.54) is 7.11 Å². The van der Waals surface area contributed by atoms with Crippen molar-refractivity contribution in [3.8, 4) is 28.6 Å². The van der Waals surface area contributed by atoms with Crippen molar-refractivity contribution in [2.24, 2.45) is 0 Å². The average molecular weight is 356 g/mol. The zero-order valence-corrected chi connectivity index (χ0v) is 15.1. The van der Waals surface area contributed by atoms with Gasteiger partial charge in [-0.15, -0.1) is 0 Å². The highest BCUT2D eigenvalue weighted by Gasteiger charge is 2.26. The molecule has 6 nitrogen and oxygen atoms in total. The van der Waals surface area contributed by atoms with Crippen molar-refractivity contribution in [3.63, 3.8) is 0 Å². The molecule has 0 atom stereocenters. The molecule has 0 N–H and O–H groups in total. The standard InChI is InChI=1S/C20H20O6/c1-5-25-20(21)18-17-15(24-4)10-14(23-3)11-16(17)26-19(18)12-6-8-13(22-2)9-7-12/h6-11H,5H2,1-4H3. The van der Waals surface area contributed by atoms with Crippen LogP contribution in [0.2, 0.25) is 0 Å². The smallest absolute Gasteiger partial charge is 0.342 e. The molecule has 0 saturated heterocycles. The van der Waals surface area contributed by atoms with Crippen molar-refractivity contribution in [2.75, 3.05) is 27.9 Å². The Morgan fingerprint density at radius 2 is 1.65 bits per heavy atom. The molecule has 136 valence electrons. The van der Waals surface area contributed by atoms with Gasteiger partial charge >= 0.3 is 5.97 Å². The Labute approximate surface area is 151 Å². The van der Waals surface area contributed by atoms with Crippen LogP contribution in [0.3, 0.4) is 0 Å². The molecule has 0 radical (unpaired) electrons. The summed E-state index contributed by atoms with van der Waals surface area (Å²) < 4.78 is 27.2. The Hall–Kier alpha value is -3.15. The maximum absolute atomic E-state index is 12.7. The van der Waals surface area contributed by atoms with E-state index in [4.69, 9.17) is 23.4 Å². The number of fused-ring (bicyclic) bond motifs is 1. The minimum absolute atomic E-state index is 0.256. The molecule has 0 spiro atoms. The highest BCUT2D eigenvalue weighted by atomic mass is 16.5.